The van der Waals surface area contributed by atoms with E-state index < -0.39 is 11.4 Å². The van der Waals surface area contributed by atoms with Gasteiger partial charge in [-0.3, -0.25) is 4.79 Å². The molecule has 0 spiro atoms. The number of aliphatic carboxylic acids is 1. The highest BCUT2D eigenvalue weighted by molar-refractivity contribution is 5.76. The molecule has 1 fully saturated rings. The average Bonchev–Trinajstić information content (AvgIpc) is 2.13. The smallest absolute Gasteiger partial charge is 0.309 e. The lowest BCUT2D eigenvalue weighted by atomic mass is 9.64. The van der Waals surface area contributed by atoms with Gasteiger partial charge in [-0.05, 0) is 56.7 Å². The molecule has 0 aliphatic heterocycles. The van der Waals surface area contributed by atoms with Gasteiger partial charge in [0, 0.05) is 0 Å². The van der Waals surface area contributed by atoms with Gasteiger partial charge in [0.1, 0.15) is 0 Å². The summed E-state index contributed by atoms with van der Waals surface area (Å²) >= 11 is 0. The van der Waals surface area contributed by atoms with Crippen LogP contribution < -0.4 is 0 Å². The third kappa shape index (κ3) is 2.08. The number of hydrogen-bond donors (Lipinski definition) is 1. The quantitative estimate of drug-likeness (QED) is 0.867. The van der Waals surface area contributed by atoms with Crippen molar-refractivity contribution in [3.05, 3.63) is 34.4 Å². The van der Waals surface area contributed by atoms with Crippen LogP contribution in [-0.4, -0.2) is 11.1 Å². The Balaban J connectivity index is 2.33. The summed E-state index contributed by atoms with van der Waals surface area (Å²) in [5, 5.41) is 9.38. The van der Waals surface area contributed by atoms with Crippen LogP contribution in [0.5, 0.6) is 0 Å². The van der Waals surface area contributed by atoms with Gasteiger partial charge in [-0.15, -0.1) is 0 Å². The maximum absolute atomic E-state index is 11.4. The number of rotatable bonds is 3. The van der Waals surface area contributed by atoms with Gasteiger partial charge in [-0.2, -0.15) is 0 Å². The predicted molar refractivity (Wildman–Crippen MR) is 68.3 cm³/mol. The largest absolute Gasteiger partial charge is 0.481 e. The van der Waals surface area contributed by atoms with E-state index in [-0.39, 0.29) is 0 Å². The van der Waals surface area contributed by atoms with E-state index >= 15 is 0 Å². The molecule has 1 N–H and O–H groups in total. The Labute approximate surface area is 103 Å². The summed E-state index contributed by atoms with van der Waals surface area (Å²) in [6, 6.07) is 4.30. The van der Waals surface area contributed by atoms with Crippen LogP contribution in [0, 0.1) is 26.2 Å². The molecule has 1 aliphatic carbocycles. The lowest BCUT2D eigenvalue weighted by Crippen LogP contribution is -2.40. The monoisotopic (exact) mass is 232 g/mol. The maximum Gasteiger partial charge on any atom is 0.309 e. The fourth-order valence-corrected chi connectivity index (χ4v) is 2.90. The van der Waals surface area contributed by atoms with Crippen molar-refractivity contribution < 1.29 is 9.90 Å². The molecule has 1 aliphatic rings. The fraction of sp³-hybridized carbons (Fsp3) is 0.533. The van der Waals surface area contributed by atoms with Crippen molar-refractivity contribution in [2.45, 2.75) is 46.5 Å². The fourth-order valence-electron chi connectivity index (χ4n) is 2.90. The molecule has 1 aromatic carbocycles. The van der Waals surface area contributed by atoms with Gasteiger partial charge in [-0.25, -0.2) is 0 Å². The third-order valence-electron chi connectivity index (χ3n) is 4.12. The number of aryl methyl sites for hydroxylation is 3. The Hall–Kier alpha value is -1.31. The van der Waals surface area contributed by atoms with Crippen molar-refractivity contribution in [2.24, 2.45) is 5.41 Å². The molecule has 0 atom stereocenters. The minimum Gasteiger partial charge on any atom is -0.481 e. The predicted octanol–water partition coefficient (Wildman–Crippen LogP) is 3.41. The van der Waals surface area contributed by atoms with Gasteiger partial charge in [0.25, 0.3) is 0 Å². The van der Waals surface area contributed by atoms with Crippen LogP contribution in [0.25, 0.3) is 0 Å². The average molecular weight is 232 g/mol. The van der Waals surface area contributed by atoms with E-state index in [4.69, 9.17) is 0 Å². The van der Waals surface area contributed by atoms with Crippen molar-refractivity contribution in [3.8, 4) is 0 Å². The summed E-state index contributed by atoms with van der Waals surface area (Å²) in [4.78, 5) is 11.4. The van der Waals surface area contributed by atoms with E-state index in [2.05, 4.69) is 32.9 Å². The zero-order valence-corrected chi connectivity index (χ0v) is 10.8. The molecular formula is C15H20O2. The van der Waals surface area contributed by atoms with Crippen LogP contribution in [0.4, 0.5) is 0 Å². The molecule has 1 saturated carbocycles. The normalized spacial score (nSPS) is 17.6. The molecule has 1 aromatic rings. The second-order valence-electron chi connectivity index (χ2n) is 5.49. The van der Waals surface area contributed by atoms with Crippen LogP contribution in [-0.2, 0) is 11.2 Å². The van der Waals surface area contributed by atoms with Gasteiger partial charge in [0.2, 0.25) is 0 Å². The SMILES string of the molecule is Cc1cc(C)c(CC2(C(=O)O)CCC2)c(C)c1. The molecule has 2 heteroatoms. The summed E-state index contributed by atoms with van der Waals surface area (Å²) in [5.41, 5.74) is 4.47. The van der Waals surface area contributed by atoms with Crippen molar-refractivity contribution >= 4 is 5.97 Å². The van der Waals surface area contributed by atoms with Crippen molar-refractivity contribution in [2.75, 3.05) is 0 Å². The molecular weight excluding hydrogens is 212 g/mol. The molecule has 17 heavy (non-hydrogen) atoms. The maximum atomic E-state index is 11.4. The van der Waals surface area contributed by atoms with E-state index in [9.17, 15) is 9.90 Å². The molecule has 0 bridgehead atoms. The second-order valence-corrected chi connectivity index (χ2v) is 5.49. The Morgan fingerprint density at radius 2 is 1.76 bits per heavy atom. The second kappa shape index (κ2) is 4.17. The minimum atomic E-state index is -0.622. The summed E-state index contributed by atoms with van der Waals surface area (Å²) in [6.07, 6.45) is 3.40. The molecule has 0 heterocycles. The van der Waals surface area contributed by atoms with Crippen LogP contribution in [0.2, 0.25) is 0 Å². The summed E-state index contributed by atoms with van der Waals surface area (Å²) < 4.78 is 0. The first kappa shape index (κ1) is 12.2. The van der Waals surface area contributed by atoms with Gasteiger partial charge in [0.05, 0.1) is 5.41 Å². The number of hydrogen-bond acceptors (Lipinski definition) is 1. The van der Waals surface area contributed by atoms with Crippen LogP contribution in [0.3, 0.4) is 0 Å². The Morgan fingerprint density at radius 3 is 2.12 bits per heavy atom. The van der Waals surface area contributed by atoms with E-state index in [1.165, 1.54) is 22.3 Å². The first-order valence-electron chi connectivity index (χ1n) is 6.25. The van der Waals surface area contributed by atoms with Crippen molar-refractivity contribution in [1.29, 1.82) is 0 Å². The number of benzene rings is 1. The minimum absolute atomic E-state index is 0.481. The van der Waals surface area contributed by atoms with Gasteiger partial charge < -0.3 is 5.11 Å². The first-order valence-corrected chi connectivity index (χ1v) is 6.25. The van der Waals surface area contributed by atoms with Gasteiger partial charge in [0.15, 0.2) is 0 Å². The van der Waals surface area contributed by atoms with E-state index in [0.717, 1.165) is 19.3 Å². The summed E-state index contributed by atoms with van der Waals surface area (Å²) in [5.74, 6) is -0.622. The van der Waals surface area contributed by atoms with Gasteiger partial charge in [-0.1, -0.05) is 24.1 Å². The lowest BCUT2D eigenvalue weighted by Gasteiger charge is -2.38. The lowest BCUT2D eigenvalue weighted by molar-refractivity contribution is -0.154. The van der Waals surface area contributed by atoms with Crippen LogP contribution in [0.1, 0.15) is 41.5 Å². The molecule has 92 valence electrons. The van der Waals surface area contributed by atoms with Gasteiger partial charge >= 0.3 is 5.97 Å². The Bertz CT molecular complexity index is 433. The summed E-state index contributed by atoms with van der Waals surface area (Å²) in [6.45, 7) is 6.26. The molecule has 0 radical (unpaired) electrons. The molecule has 0 unspecified atom stereocenters. The molecule has 0 aromatic heterocycles. The third-order valence-corrected chi connectivity index (χ3v) is 4.12. The first-order chi connectivity index (χ1) is 7.94. The number of carboxylic acid groups (broad SMARTS) is 1. The molecule has 0 saturated heterocycles. The highest BCUT2D eigenvalue weighted by Crippen LogP contribution is 2.44. The zero-order valence-electron chi connectivity index (χ0n) is 10.8. The van der Waals surface area contributed by atoms with E-state index in [0.29, 0.717) is 6.42 Å². The standard InChI is InChI=1S/C15H20O2/c1-10-7-11(2)13(12(3)8-10)9-15(14(16)17)5-4-6-15/h7-8H,4-6,9H2,1-3H3,(H,16,17). The van der Waals surface area contributed by atoms with E-state index in [1.807, 2.05) is 0 Å². The number of carboxylic acids is 1. The van der Waals surface area contributed by atoms with Crippen molar-refractivity contribution in [3.63, 3.8) is 0 Å². The molecule has 2 rings (SSSR count). The summed E-state index contributed by atoms with van der Waals surface area (Å²) in [7, 11) is 0. The Morgan fingerprint density at radius 1 is 1.24 bits per heavy atom. The van der Waals surface area contributed by atoms with Crippen LogP contribution in [0.15, 0.2) is 12.1 Å². The molecule has 2 nitrogen and oxygen atoms in total. The Kier molecular flexibility index (Phi) is 2.98. The topological polar surface area (TPSA) is 37.3 Å². The highest BCUT2D eigenvalue weighted by Gasteiger charge is 2.44. The highest BCUT2D eigenvalue weighted by atomic mass is 16.4. The molecule has 0 amide bonds. The van der Waals surface area contributed by atoms with Crippen molar-refractivity contribution in [1.82, 2.24) is 0 Å². The zero-order chi connectivity index (χ0) is 12.6. The van der Waals surface area contributed by atoms with Crippen LogP contribution >= 0.6 is 0 Å². The van der Waals surface area contributed by atoms with E-state index in [1.54, 1.807) is 0 Å². The number of carbonyl (C=O) groups is 1.